The molecule has 0 radical (unpaired) electrons. The molecule has 1 saturated heterocycles. The summed E-state index contributed by atoms with van der Waals surface area (Å²) in [5.41, 5.74) is 3.98. The third-order valence-corrected chi connectivity index (χ3v) is 7.40. The summed E-state index contributed by atoms with van der Waals surface area (Å²) in [5, 5.41) is 10.4. The number of amides is 1. The highest BCUT2D eigenvalue weighted by Gasteiger charge is 2.27. The number of likely N-dealkylation sites (tertiary alicyclic amines) is 1. The van der Waals surface area contributed by atoms with Crippen LogP contribution >= 0.6 is 0 Å². The summed E-state index contributed by atoms with van der Waals surface area (Å²) < 4.78 is 26.6. The smallest absolute Gasteiger partial charge is 0.323 e. The predicted octanol–water partition coefficient (Wildman–Crippen LogP) is 3.88. The van der Waals surface area contributed by atoms with E-state index in [1.54, 1.807) is 29.3 Å². The van der Waals surface area contributed by atoms with Crippen LogP contribution in [0.4, 0.5) is 10.5 Å². The number of benzene rings is 3. The first-order valence-electron chi connectivity index (χ1n) is 12.2. The standard InChI is InChI=1S/C27H30N6O3S/c1-31(23-13-15-32(16-14-23)19-20-7-3-2-4-8-20)27(34)33-26-12-6-11-24(25(26)18-29-33)21-9-5-10-22(17-21)30-37(28,35)36/h2-12,17-18,23,30H,13-16,19H2,1H3,(H2,28,35,36). The van der Waals surface area contributed by atoms with Gasteiger partial charge in [-0.1, -0.05) is 54.6 Å². The number of nitrogens with one attached hydrogen (secondary N) is 1. The number of nitrogens with two attached hydrogens (primary N) is 1. The molecular formula is C27H30N6O3S. The number of aromatic nitrogens is 2. The number of nitrogens with zero attached hydrogens (tertiary/aromatic N) is 4. The first-order chi connectivity index (χ1) is 17.8. The van der Waals surface area contributed by atoms with Gasteiger partial charge in [-0.15, -0.1) is 0 Å². The molecule has 4 aromatic rings. The lowest BCUT2D eigenvalue weighted by Gasteiger charge is -2.36. The molecule has 192 valence electrons. The highest BCUT2D eigenvalue weighted by molar-refractivity contribution is 7.90. The highest BCUT2D eigenvalue weighted by atomic mass is 32.2. The predicted molar refractivity (Wildman–Crippen MR) is 145 cm³/mol. The first kappa shape index (κ1) is 24.9. The average Bonchev–Trinajstić information content (AvgIpc) is 3.32. The molecule has 9 nitrogen and oxygen atoms in total. The second kappa shape index (κ2) is 10.3. The highest BCUT2D eigenvalue weighted by Crippen LogP contribution is 2.31. The molecule has 0 atom stereocenters. The van der Waals surface area contributed by atoms with Crippen LogP contribution in [0.25, 0.3) is 22.0 Å². The van der Waals surface area contributed by atoms with Gasteiger partial charge in [0.25, 0.3) is 10.2 Å². The number of fused-ring (bicyclic) bond motifs is 1. The number of rotatable bonds is 6. The molecule has 37 heavy (non-hydrogen) atoms. The number of carbonyl (C=O) groups excluding carboxylic acids is 1. The molecule has 1 amide bonds. The Morgan fingerprint density at radius 1 is 1.05 bits per heavy atom. The molecule has 1 fully saturated rings. The van der Waals surface area contributed by atoms with Crippen molar-refractivity contribution in [2.45, 2.75) is 25.4 Å². The van der Waals surface area contributed by atoms with E-state index >= 15 is 0 Å². The molecular weight excluding hydrogens is 488 g/mol. The molecule has 3 aromatic carbocycles. The van der Waals surface area contributed by atoms with Crippen molar-refractivity contribution in [3.8, 4) is 11.1 Å². The van der Waals surface area contributed by atoms with Crippen molar-refractivity contribution < 1.29 is 13.2 Å². The van der Waals surface area contributed by atoms with E-state index in [9.17, 15) is 13.2 Å². The minimum Gasteiger partial charge on any atom is -0.323 e. The molecule has 3 N–H and O–H groups in total. The van der Waals surface area contributed by atoms with Gasteiger partial charge in [-0.2, -0.15) is 18.2 Å². The Morgan fingerprint density at radius 2 is 1.78 bits per heavy atom. The van der Waals surface area contributed by atoms with Gasteiger partial charge in [0.15, 0.2) is 0 Å². The molecule has 10 heteroatoms. The van der Waals surface area contributed by atoms with Crippen LogP contribution in [0.3, 0.4) is 0 Å². The van der Waals surface area contributed by atoms with Gasteiger partial charge < -0.3 is 4.90 Å². The van der Waals surface area contributed by atoms with E-state index in [1.807, 2.05) is 37.4 Å². The Labute approximate surface area is 216 Å². The van der Waals surface area contributed by atoms with Gasteiger partial charge in [-0.05, 0) is 47.7 Å². The second-order valence-electron chi connectivity index (χ2n) is 9.41. The first-order valence-corrected chi connectivity index (χ1v) is 13.7. The van der Waals surface area contributed by atoms with Crippen molar-refractivity contribution in [2.24, 2.45) is 5.14 Å². The summed E-state index contributed by atoms with van der Waals surface area (Å²) in [4.78, 5) is 17.7. The maximum atomic E-state index is 13.5. The topological polar surface area (TPSA) is 114 Å². The summed E-state index contributed by atoms with van der Waals surface area (Å²) >= 11 is 0. The zero-order valence-electron chi connectivity index (χ0n) is 20.6. The molecule has 0 unspecified atom stereocenters. The van der Waals surface area contributed by atoms with E-state index in [4.69, 9.17) is 5.14 Å². The Balaban J connectivity index is 1.32. The van der Waals surface area contributed by atoms with E-state index in [1.165, 1.54) is 10.2 Å². The van der Waals surface area contributed by atoms with Crippen molar-refractivity contribution in [3.63, 3.8) is 0 Å². The van der Waals surface area contributed by atoms with Crippen molar-refractivity contribution in [3.05, 3.63) is 84.6 Å². The van der Waals surface area contributed by atoms with Crippen molar-refractivity contribution in [1.29, 1.82) is 0 Å². The van der Waals surface area contributed by atoms with Gasteiger partial charge in [0.1, 0.15) is 0 Å². The van der Waals surface area contributed by atoms with Gasteiger partial charge in [0.05, 0.1) is 17.4 Å². The number of hydrogen-bond acceptors (Lipinski definition) is 5. The second-order valence-corrected chi connectivity index (χ2v) is 10.7. The van der Waals surface area contributed by atoms with Crippen LogP contribution in [0.15, 0.2) is 79.0 Å². The van der Waals surface area contributed by atoms with E-state index < -0.39 is 10.2 Å². The van der Waals surface area contributed by atoms with Gasteiger partial charge in [0.2, 0.25) is 0 Å². The Hall–Kier alpha value is -3.73. The number of anilines is 1. The van der Waals surface area contributed by atoms with Crippen molar-refractivity contribution in [2.75, 3.05) is 24.9 Å². The number of hydrogen-bond donors (Lipinski definition) is 2. The quantitative estimate of drug-likeness (QED) is 0.402. The monoisotopic (exact) mass is 518 g/mol. The normalized spacial score (nSPS) is 15.1. The summed E-state index contributed by atoms with van der Waals surface area (Å²) in [6.07, 6.45) is 3.49. The van der Waals surface area contributed by atoms with Crippen molar-refractivity contribution >= 4 is 32.8 Å². The molecule has 0 aliphatic carbocycles. The van der Waals surface area contributed by atoms with Crippen LogP contribution in [-0.4, -0.2) is 60.2 Å². The molecule has 0 spiro atoms. The Bertz CT molecular complexity index is 1510. The zero-order valence-corrected chi connectivity index (χ0v) is 21.4. The average molecular weight is 519 g/mol. The number of carbonyl (C=O) groups is 1. The Kier molecular flexibility index (Phi) is 6.96. The number of piperidine rings is 1. The molecule has 0 bridgehead atoms. The Morgan fingerprint density at radius 3 is 2.51 bits per heavy atom. The summed E-state index contributed by atoms with van der Waals surface area (Å²) in [6.45, 7) is 2.79. The summed E-state index contributed by atoms with van der Waals surface area (Å²) in [7, 11) is -2.04. The lowest BCUT2D eigenvalue weighted by atomic mass is 10.0. The van der Waals surface area contributed by atoms with Crippen LogP contribution < -0.4 is 9.86 Å². The van der Waals surface area contributed by atoms with Crippen LogP contribution in [0, 0.1) is 0 Å². The molecule has 0 saturated carbocycles. The lowest BCUT2D eigenvalue weighted by Crippen LogP contribution is -2.46. The fraction of sp³-hybridized carbons (Fsp3) is 0.259. The van der Waals surface area contributed by atoms with E-state index in [-0.39, 0.29) is 12.1 Å². The largest absolute Gasteiger partial charge is 0.345 e. The van der Waals surface area contributed by atoms with Gasteiger partial charge in [-0.3, -0.25) is 9.62 Å². The fourth-order valence-electron chi connectivity index (χ4n) is 4.98. The fourth-order valence-corrected chi connectivity index (χ4v) is 5.44. The molecule has 2 heterocycles. The SMILES string of the molecule is CN(C(=O)n1ncc2c(-c3cccc(NS(N)(=O)=O)c3)cccc21)C1CCN(Cc2ccccc2)CC1. The molecule has 1 aliphatic rings. The van der Waals surface area contributed by atoms with Crippen molar-refractivity contribution in [1.82, 2.24) is 19.6 Å². The van der Waals surface area contributed by atoms with Crippen LogP contribution in [0.1, 0.15) is 18.4 Å². The van der Waals surface area contributed by atoms with Crippen LogP contribution in [-0.2, 0) is 16.8 Å². The van der Waals surface area contributed by atoms with Gasteiger partial charge in [0, 0.05) is 38.1 Å². The lowest BCUT2D eigenvalue weighted by molar-refractivity contribution is 0.131. The van der Waals surface area contributed by atoms with E-state index in [2.05, 4.69) is 39.0 Å². The molecule has 5 rings (SSSR count). The van der Waals surface area contributed by atoms with Crippen LogP contribution in [0.2, 0.25) is 0 Å². The summed E-state index contributed by atoms with van der Waals surface area (Å²) in [6, 6.07) is 23.0. The van der Waals surface area contributed by atoms with Gasteiger partial charge in [-0.25, -0.2) is 9.93 Å². The maximum Gasteiger partial charge on any atom is 0.345 e. The maximum absolute atomic E-state index is 13.5. The third kappa shape index (κ3) is 5.66. The minimum absolute atomic E-state index is 0.142. The molecule has 1 aromatic heterocycles. The van der Waals surface area contributed by atoms with Crippen LogP contribution in [0.5, 0.6) is 0 Å². The third-order valence-electron chi connectivity index (χ3n) is 6.88. The van der Waals surface area contributed by atoms with Gasteiger partial charge >= 0.3 is 6.03 Å². The summed E-state index contributed by atoms with van der Waals surface area (Å²) in [5.74, 6) is 0. The molecule has 1 aliphatic heterocycles. The van der Waals surface area contributed by atoms with E-state index in [0.29, 0.717) is 11.2 Å². The zero-order chi connectivity index (χ0) is 26.0. The minimum atomic E-state index is -3.89. The van der Waals surface area contributed by atoms with E-state index in [0.717, 1.165) is 49.0 Å².